The van der Waals surface area contributed by atoms with Crippen LogP contribution in [0.3, 0.4) is 0 Å². The van der Waals surface area contributed by atoms with Crippen molar-refractivity contribution in [1.29, 1.82) is 0 Å². The predicted molar refractivity (Wildman–Crippen MR) is 141 cm³/mol. The van der Waals surface area contributed by atoms with Crippen LogP contribution in [0.25, 0.3) is 16.9 Å². The number of hydrogen-bond acceptors (Lipinski definition) is 6. The van der Waals surface area contributed by atoms with Gasteiger partial charge in [-0.2, -0.15) is 5.10 Å². The van der Waals surface area contributed by atoms with E-state index in [0.29, 0.717) is 49.0 Å². The zero-order valence-corrected chi connectivity index (χ0v) is 21.3. The van der Waals surface area contributed by atoms with Gasteiger partial charge < -0.3 is 14.7 Å². The summed E-state index contributed by atoms with van der Waals surface area (Å²) >= 11 is 0. The van der Waals surface area contributed by atoms with Gasteiger partial charge in [0.05, 0.1) is 17.8 Å². The molecule has 4 aromatic rings. The van der Waals surface area contributed by atoms with Gasteiger partial charge in [-0.1, -0.05) is 47.1 Å². The number of aryl methyl sites for hydroxylation is 3. The molecule has 3 heterocycles. The highest BCUT2D eigenvalue weighted by Gasteiger charge is 2.28. The van der Waals surface area contributed by atoms with E-state index < -0.39 is 0 Å². The first-order valence-corrected chi connectivity index (χ1v) is 12.3. The summed E-state index contributed by atoms with van der Waals surface area (Å²) in [6.45, 7) is 8.35. The highest BCUT2D eigenvalue weighted by Crippen LogP contribution is 2.28. The number of para-hydroxylation sites is 1. The summed E-state index contributed by atoms with van der Waals surface area (Å²) in [4.78, 5) is 30.0. The molecule has 1 aliphatic heterocycles. The van der Waals surface area contributed by atoms with E-state index in [4.69, 9.17) is 9.62 Å². The number of rotatable bonds is 6. The topological polar surface area (TPSA) is 96.5 Å². The molecule has 0 atom stereocenters. The molecule has 0 saturated carbocycles. The van der Waals surface area contributed by atoms with E-state index in [1.807, 2.05) is 65.4 Å². The molecule has 9 nitrogen and oxygen atoms in total. The first kappa shape index (κ1) is 24.5. The lowest BCUT2D eigenvalue weighted by atomic mass is 10.00. The van der Waals surface area contributed by atoms with E-state index in [1.165, 1.54) is 0 Å². The van der Waals surface area contributed by atoms with Crippen molar-refractivity contribution < 1.29 is 14.1 Å². The number of piperazine rings is 1. The van der Waals surface area contributed by atoms with Crippen LogP contribution in [0.5, 0.6) is 0 Å². The Morgan fingerprint density at radius 2 is 1.73 bits per heavy atom. The van der Waals surface area contributed by atoms with Crippen molar-refractivity contribution in [1.82, 2.24) is 24.7 Å². The van der Waals surface area contributed by atoms with Crippen LogP contribution in [0.4, 0.5) is 5.82 Å². The molecular weight excluding hydrogens is 468 g/mol. The molecule has 2 aromatic carbocycles. The number of anilines is 1. The van der Waals surface area contributed by atoms with Crippen LogP contribution >= 0.6 is 0 Å². The van der Waals surface area contributed by atoms with E-state index in [9.17, 15) is 9.59 Å². The Labute approximate surface area is 215 Å². The number of nitrogens with one attached hydrogen (secondary N) is 1. The number of benzene rings is 2. The number of carbonyl (C=O) groups excluding carboxylic acids is 2. The molecule has 1 aliphatic rings. The Morgan fingerprint density at radius 1 is 0.973 bits per heavy atom. The SMILES string of the molecule is Cc1ccc(-c2nn(-c3ccccc3)cc2C(=O)N2CCN(CC(=O)Nc3cc(C)on3)CC2)c(C)c1. The summed E-state index contributed by atoms with van der Waals surface area (Å²) in [5.41, 5.74) is 5.33. The standard InChI is InChI=1S/C28H30N6O3/c1-19-9-10-23(20(2)15-19)27-24(17-34(30-27)22-7-5-4-6-8-22)28(36)33-13-11-32(12-14-33)18-26(35)29-25-16-21(3)37-31-25/h4-10,15-17H,11-14,18H2,1-3H3,(H,29,31,35). The molecule has 0 aliphatic carbocycles. The quantitative estimate of drug-likeness (QED) is 0.434. The van der Waals surface area contributed by atoms with Crippen LogP contribution in [0.1, 0.15) is 27.2 Å². The molecule has 0 radical (unpaired) electrons. The van der Waals surface area contributed by atoms with E-state index in [0.717, 1.165) is 22.4 Å². The van der Waals surface area contributed by atoms with Crippen LogP contribution in [0, 0.1) is 20.8 Å². The first-order chi connectivity index (χ1) is 17.9. The Morgan fingerprint density at radius 3 is 2.41 bits per heavy atom. The van der Waals surface area contributed by atoms with Crippen molar-refractivity contribution in [2.45, 2.75) is 20.8 Å². The average Bonchev–Trinajstić information content (AvgIpc) is 3.51. The second kappa shape index (κ2) is 10.4. The molecule has 190 valence electrons. The van der Waals surface area contributed by atoms with Gasteiger partial charge in [0.15, 0.2) is 5.82 Å². The van der Waals surface area contributed by atoms with Crippen LogP contribution < -0.4 is 5.32 Å². The largest absolute Gasteiger partial charge is 0.360 e. The number of amides is 2. The fourth-order valence-corrected chi connectivity index (χ4v) is 4.61. The average molecular weight is 499 g/mol. The minimum atomic E-state index is -0.158. The number of carbonyl (C=O) groups is 2. The highest BCUT2D eigenvalue weighted by atomic mass is 16.5. The number of hydrogen-bond donors (Lipinski definition) is 1. The summed E-state index contributed by atoms with van der Waals surface area (Å²) in [6, 6.07) is 17.7. The summed E-state index contributed by atoms with van der Waals surface area (Å²) < 4.78 is 6.77. The van der Waals surface area contributed by atoms with Gasteiger partial charge in [0.2, 0.25) is 5.91 Å². The van der Waals surface area contributed by atoms with Gasteiger partial charge in [0, 0.05) is 44.0 Å². The molecule has 37 heavy (non-hydrogen) atoms. The summed E-state index contributed by atoms with van der Waals surface area (Å²) in [7, 11) is 0. The molecule has 9 heteroatoms. The van der Waals surface area contributed by atoms with Gasteiger partial charge in [-0.25, -0.2) is 4.68 Å². The molecule has 2 aromatic heterocycles. The summed E-state index contributed by atoms with van der Waals surface area (Å²) in [5.74, 6) is 0.831. The van der Waals surface area contributed by atoms with Crippen LogP contribution in [-0.2, 0) is 4.79 Å². The molecule has 1 fully saturated rings. The lowest BCUT2D eigenvalue weighted by Crippen LogP contribution is -2.50. The maximum absolute atomic E-state index is 13.7. The first-order valence-electron chi connectivity index (χ1n) is 12.3. The Bertz CT molecular complexity index is 1420. The van der Waals surface area contributed by atoms with E-state index in [1.54, 1.807) is 17.7 Å². The van der Waals surface area contributed by atoms with Crippen molar-refractivity contribution in [3.8, 4) is 16.9 Å². The summed E-state index contributed by atoms with van der Waals surface area (Å²) in [6.07, 6.45) is 1.83. The Balaban J connectivity index is 1.32. The van der Waals surface area contributed by atoms with E-state index >= 15 is 0 Å². The van der Waals surface area contributed by atoms with Crippen LogP contribution in [-0.4, -0.2) is 69.3 Å². The van der Waals surface area contributed by atoms with E-state index in [2.05, 4.69) is 23.5 Å². The molecule has 5 rings (SSSR count). The molecule has 0 bridgehead atoms. The van der Waals surface area contributed by atoms with Gasteiger partial charge in [-0.05, 0) is 38.5 Å². The van der Waals surface area contributed by atoms with Crippen molar-refractivity contribution in [3.63, 3.8) is 0 Å². The minimum Gasteiger partial charge on any atom is -0.360 e. The van der Waals surface area contributed by atoms with Gasteiger partial charge in [-0.15, -0.1) is 0 Å². The molecule has 1 saturated heterocycles. The number of aromatic nitrogens is 3. The predicted octanol–water partition coefficient (Wildman–Crippen LogP) is 3.85. The molecule has 0 spiro atoms. The summed E-state index contributed by atoms with van der Waals surface area (Å²) in [5, 5.41) is 11.4. The van der Waals surface area contributed by atoms with Gasteiger partial charge >= 0.3 is 0 Å². The maximum Gasteiger partial charge on any atom is 0.257 e. The molecule has 1 N–H and O–H groups in total. The Hall–Kier alpha value is -4.24. The fraction of sp³-hybridized carbons (Fsp3) is 0.286. The zero-order chi connectivity index (χ0) is 25.9. The zero-order valence-electron chi connectivity index (χ0n) is 21.3. The lowest BCUT2D eigenvalue weighted by Gasteiger charge is -2.34. The van der Waals surface area contributed by atoms with Crippen molar-refractivity contribution in [2.24, 2.45) is 0 Å². The molecule has 2 amide bonds. The van der Waals surface area contributed by atoms with Crippen LogP contribution in [0.15, 0.2) is 65.3 Å². The molecule has 0 unspecified atom stereocenters. The lowest BCUT2D eigenvalue weighted by molar-refractivity contribution is -0.117. The van der Waals surface area contributed by atoms with Gasteiger partial charge in [-0.3, -0.25) is 14.5 Å². The monoisotopic (exact) mass is 498 g/mol. The highest BCUT2D eigenvalue weighted by molar-refractivity contribution is 6.00. The molecular formula is C28H30N6O3. The fourth-order valence-electron chi connectivity index (χ4n) is 4.61. The minimum absolute atomic E-state index is 0.0562. The van der Waals surface area contributed by atoms with Crippen molar-refractivity contribution in [2.75, 3.05) is 38.0 Å². The Kier molecular flexibility index (Phi) is 6.87. The van der Waals surface area contributed by atoms with Crippen LogP contribution in [0.2, 0.25) is 0 Å². The smallest absolute Gasteiger partial charge is 0.257 e. The third-order valence-electron chi connectivity index (χ3n) is 6.52. The third-order valence-corrected chi connectivity index (χ3v) is 6.52. The third kappa shape index (κ3) is 5.46. The van der Waals surface area contributed by atoms with Gasteiger partial charge in [0.25, 0.3) is 5.91 Å². The van der Waals surface area contributed by atoms with Crippen molar-refractivity contribution >= 4 is 17.6 Å². The number of nitrogens with zero attached hydrogens (tertiary/aromatic N) is 5. The normalized spacial score (nSPS) is 14.1. The second-order valence-corrected chi connectivity index (χ2v) is 9.43. The van der Waals surface area contributed by atoms with Crippen molar-refractivity contribution in [3.05, 3.63) is 83.2 Å². The maximum atomic E-state index is 13.7. The second-order valence-electron chi connectivity index (χ2n) is 9.43. The van der Waals surface area contributed by atoms with E-state index in [-0.39, 0.29) is 18.4 Å². The van der Waals surface area contributed by atoms with Gasteiger partial charge in [0.1, 0.15) is 11.5 Å².